The summed E-state index contributed by atoms with van der Waals surface area (Å²) < 4.78 is 5.73. The first-order chi connectivity index (χ1) is 14.4. The molecule has 0 amide bonds. The highest BCUT2D eigenvalue weighted by Gasteiger charge is 2.55. The normalized spacial score (nSPS) is 44.5. The third-order valence-corrected chi connectivity index (χ3v) is 9.86. The van der Waals surface area contributed by atoms with Crippen LogP contribution in [-0.2, 0) is 4.74 Å². The Bertz CT molecular complexity index is 593. The van der Waals surface area contributed by atoms with Crippen molar-refractivity contribution >= 4 is 0 Å². The molecule has 0 saturated heterocycles. The Morgan fingerprint density at radius 2 is 1.73 bits per heavy atom. The highest BCUT2D eigenvalue weighted by Crippen LogP contribution is 2.64. The summed E-state index contributed by atoms with van der Waals surface area (Å²) in [7, 11) is 0. The van der Waals surface area contributed by atoms with Gasteiger partial charge in [-0.25, -0.2) is 0 Å². The Balaban J connectivity index is 1.31. The second-order valence-corrected chi connectivity index (χ2v) is 11.9. The van der Waals surface area contributed by atoms with Gasteiger partial charge in [0.15, 0.2) is 0 Å². The number of ether oxygens (including phenoxy) is 1. The summed E-state index contributed by atoms with van der Waals surface area (Å²) in [5, 5.41) is 10.6. The Hall–Kier alpha value is -0.340. The molecule has 0 aliphatic heterocycles. The molecule has 1 N–H and O–H groups in total. The van der Waals surface area contributed by atoms with Crippen molar-refractivity contribution in [2.75, 3.05) is 13.2 Å². The molecule has 0 unspecified atom stereocenters. The third-order valence-electron chi connectivity index (χ3n) is 9.86. The largest absolute Gasteiger partial charge is 0.390 e. The predicted octanol–water partition coefficient (Wildman–Crippen LogP) is 7.30. The molecule has 0 bridgehead atoms. The highest BCUT2D eigenvalue weighted by atomic mass is 16.5. The molecule has 4 rings (SSSR count). The van der Waals surface area contributed by atoms with Gasteiger partial charge in [0.2, 0.25) is 0 Å². The number of fused-ring (bicyclic) bond motifs is 5. The summed E-state index contributed by atoms with van der Waals surface area (Å²) in [6, 6.07) is 0. The lowest BCUT2D eigenvalue weighted by atomic mass is 9.49. The average Bonchev–Trinajstić information content (AvgIpc) is 3.05. The standard InChI is InChI=1S/C28H48O2/c1-4-5-18-30-19-8-6-7-9-22-11-13-26-25-12-10-21-20-27(2,29)16-14-23(21)24(25)15-17-28(22,26)3/h9,21,23-26,29H,4-8,10-20H2,1-3H3/b22-9+/t21-,23+,24-,25-,26+,27-,28-/m1/s1. The Morgan fingerprint density at radius 1 is 0.933 bits per heavy atom. The highest BCUT2D eigenvalue weighted by molar-refractivity contribution is 5.23. The van der Waals surface area contributed by atoms with E-state index >= 15 is 0 Å². The van der Waals surface area contributed by atoms with Crippen LogP contribution in [0.4, 0.5) is 0 Å². The minimum absolute atomic E-state index is 0.387. The molecular formula is C28H48O2. The van der Waals surface area contributed by atoms with Crippen molar-refractivity contribution in [3.05, 3.63) is 11.6 Å². The lowest BCUT2D eigenvalue weighted by Crippen LogP contribution is -2.49. The average molecular weight is 417 g/mol. The first kappa shape index (κ1) is 22.8. The maximum absolute atomic E-state index is 10.6. The van der Waals surface area contributed by atoms with Crippen LogP contribution in [0.2, 0.25) is 0 Å². The van der Waals surface area contributed by atoms with Crippen LogP contribution in [0, 0.1) is 35.0 Å². The van der Waals surface area contributed by atoms with Gasteiger partial charge in [-0.3, -0.25) is 0 Å². The number of hydrogen-bond acceptors (Lipinski definition) is 2. The molecule has 0 heterocycles. The molecule has 0 aromatic rings. The van der Waals surface area contributed by atoms with E-state index in [1.54, 1.807) is 0 Å². The minimum Gasteiger partial charge on any atom is -0.390 e. The van der Waals surface area contributed by atoms with E-state index in [2.05, 4.69) is 26.8 Å². The van der Waals surface area contributed by atoms with E-state index in [0.717, 1.165) is 55.6 Å². The predicted molar refractivity (Wildman–Crippen MR) is 125 cm³/mol. The lowest BCUT2D eigenvalue weighted by molar-refractivity contribution is -0.0899. The van der Waals surface area contributed by atoms with Gasteiger partial charge in [-0.1, -0.05) is 31.9 Å². The molecule has 2 nitrogen and oxygen atoms in total. The van der Waals surface area contributed by atoms with Gasteiger partial charge < -0.3 is 9.84 Å². The van der Waals surface area contributed by atoms with Gasteiger partial charge in [0, 0.05) is 13.2 Å². The zero-order chi connectivity index (χ0) is 21.2. The van der Waals surface area contributed by atoms with Crippen molar-refractivity contribution in [2.45, 2.75) is 116 Å². The molecule has 4 aliphatic rings. The van der Waals surface area contributed by atoms with Crippen LogP contribution in [0.1, 0.15) is 111 Å². The maximum atomic E-state index is 10.6. The maximum Gasteiger partial charge on any atom is 0.0622 e. The zero-order valence-corrected chi connectivity index (χ0v) is 20.1. The van der Waals surface area contributed by atoms with Gasteiger partial charge in [-0.2, -0.15) is 0 Å². The van der Waals surface area contributed by atoms with E-state index in [9.17, 15) is 5.11 Å². The topological polar surface area (TPSA) is 29.5 Å². The van der Waals surface area contributed by atoms with Crippen molar-refractivity contribution in [2.24, 2.45) is 35.0 Å². The van der Waals surface area contributed by atoms with E-state index in [1.165, 1.54) is 77.0 Å². The van der Waals surface area contributed by atoms with Crippen molar-refractivity contribution in [1.29, 1.82) is 0 Å². The Morgan fingerprint density at radius 3 is 2.57 bits per heavy atom. The summed E-state index contributed by atoms with van der Waals surface area (Å²) >= 11 is 0. The van der Waals surface area contributed by atoms with Gasteiger partial charge in [-0.05, 0) is 125 Å². The molecule has 30 heavy (non-hydrogen) atoms. The summed E-state index contributed by atoms with van der Waals surface area (Å²) in [6.45, 7) is 8.82. The summed E-state index contributed by atoms with van der Waals surface area (Å²) in [6.07, 6.45) is 20.7. The molecular weight excluding hydrogens is 368 g/mol. The van der Waals surface area contributed by atoms with Gasteiger partial charge in [0.05, 0.1) is 5.60 Å². The molecule has 4 saturated carbocycles. The Labute approximate surface area is 186 Å². The number of allylic oxidation sites excluding steroid dienone is 2. The van der Waals surface area contributed by atoms with Crippen LogP contribution < -0.4 is 0 Å². The molecule has 4 fully saturated rings. The summed E-state index contributed by atoms with van der Waals surface area (Å²) in [4.78, 5) is 0. The van der Waals surface area contributed by atoms with Crippen LogP contribution >= 0.6 is 0 Å². The van der Waals surface area contributed by atoms with Crippen LogP contribution in [-0.4, -0.2) is 23.9 Å². The first-order valence-corrected chi connectivity index (χ1v) is 13.4. The first-order valence-electron chi connectivity index (χ1n) is 13.4. The van der Waals surface area contributed by atoms with Crippen molar-refractivity contribution in [3.63, 3.8) is 0 Å². The quantitative estimate of drug-likeness (QED) is 0.332. The van der Waals surface area contributed by atoms with Crippen molar-refractivity contribution in [3.8, 4) is 0 Å². The molecule has 0 aromatic heterocycles. The number of rotatable bonds is 8. The fourth-order valence-electron chi connectivity index (χ4n) is 8.24. The van der Waals surface area contributed by atoms with Gasteiger partial charge in [-0.15, -0.1) is 0 Å². The van der Waals surface area contributed by atoms with E-state index in [4.69, 9.17) is 4.74 Å². The zero-order valence-electron chi connectivity index (χ0n) is 20.1. The van der Waals surface area contributed by atoms with E-state index in [-0.39, 0.29) is 5.60 Å². The Kier molecular flexibility index (Phi) is 7.35. The molecule has 7 atom stereocenters. The van der Waals surface area contributed by atoms with Gasteiger partial charge >= 0.3 is 0 Å². The summed E-state index contributed by atoms with van der Waals surface area (Å²) in [5.74, 6) is 4.57. The second kappa shape index (κ2) is 9.65. The number of unbranched alkanes of at least 4 members (excludes halogenated alkanes) is 3. The fourth-order valence-corrected chi connectivity index (χ4v) is 8.24. The number of hydrogen-bond donors (Lipinski definition) is 1. The fraction of sp³-hybridized carbons (Fsp3) is 0.929. The van der Waals surface area contributed by atoms with E-state index in [0.29, 0.717) is 5.41 Å². The molecule has 172 valence electrons. The smallest absolute Gasteiger partial charge is 0.0622 e. The molecule has 0 spiro atoms. The molecule has 0 radical (unpaired) electrons. The molecule has 4 aliphatic carbocycles. The van der Waals surface area contributed by atoms with Crippen LogP contribution in [0.15, 0.2) is 11.6 Å². The summed E-state index contributed by atoms with van der Waals surface area (Å²) in [5.41, 5.74) is 1.92. The molecule has 0 aromatic carbocycles. The van der Waals surface area contributed by atoms with Crippen molar-refractivity contribution in [1.82, 2.24) is 0 Å². The third kappa shape index (κ3) is 4.70. The van der Waals surface area contributed by atoms with Crippen molar-refractivity contribution < 1.29 is 9.84 Å². The second-order valence-electron chi connectivity index (χ2n) is 11.9. The van der Waals surface area contributed by atoms with Crippen LogP contribution in [0.3, 0.4) is 0 Å². The monoisotopic (exact) mass is 416 g/mol. The van der Waals surface area contributed by atoms with E-state index < -0.39 is 0 Å². The van der Waals surface area contributed by atoms with Gasteiger partial charge in [0.1, 0.15) is 0 Å². The van der Waals surface area contributed by atoms with Gasteiger partial charge in [0.25, 0.3) is 0 Å². The van der Waals surface area contributed by atoms with Crippen LogP contribution in [0.5, 0.6) is 0 Å². The van der Waals surface area contributed by atoms with Crippen LogP contribution in [0.25, 0.3) is 0 Å². The SMILES string of the molecule is CCCCOCCCC/C=C1\CC[C@H]2[C@@H]3CC[C@@H]4C[C@](C)(O)CC[C@@H]4[C@H]3CC[C@]12C. The number of aliphatic hydroxyl groups is 1. The lowest BCUT2D eigenvalue weighted by Gasteiger charge is -2.56. The molecule has 2 heteroatoms. The van der Waals surface area contributed by atoms with E-state index in [1.807, 2.05) is 5.57 Å². The minimum atomic E-state index is -0.387.